The molecule has 2 aromatic carbocycles. The quantitative estimate of drug-likeness (QED) is 0.101. The molecular weight excluding hydrogens is 574 g/mol. The summed E-state index contributed by atoms with van der Waals surface area (Å²) in [5.74, 6) is 4.29. The first-order valence-corrected chi connectivity index (χ1v) is 14.4. The van der Waals surface area contributed by atoms with Gasteiger partial charge in [-0.3, -0.25) is 14.7 Å². The van der Waals surface area contributed by atoms with Crippen LogP contribution in [0.1, 0.15) is 59.3 Å². The van der Waals surface area contributed by atoms with Gasteiger partial charge in [-0.05, 0) is 80.4 Å². The molecule has 2 aromatic heterocycles. The number of H-pyrrole nitrogens is 1. The Morgan fingerprint density at radius 1 is 1.14 bits per heavy atom. The molecule has 4 aromatic rings. The number of hydrogen-bond donors (Lipinski definition) is 4. The summed E-state index contributed by atoms with van der Waals surface area (Å²) in [6, 6.07) is 10.5. The van der Waals surface area contributed by atoms with Crippen molar-refractivity contribution in [2.75, 3.05) is 23.4 Å². The predicted molar refractivity (Wildman–Crippen MR) is 165 cm³/mol. The van der Waals surface area contributed by atoms with Crippen molar-refractivity contribution in [1.82, 2.24) is 14.9 Å². The standard InChI is InChI=1S/C30H31F4N7O.C2H6/c1-18-4-5-21(13-26(18)41(36)17-23(35)11-19-10-20-6-7-37-28(20)38-15-19)29(42)39-24-12-22(16-40-8-2-3-9-40)27(31)25(14-24)30(32,33)34;1-2/h4-7,10,12-15,17H,2-3,8-9,11,16,35-36H2,1H3,(H,37,38)(H,39,42);1-2H3/b23-17-;. The van der Waals surface area contributed by atoms with Crippen molar-refractivity contribution in [2.24, 2.45) is 11.6 Å². The van der Waals surface area contributed by atoms with Crippen molar-refractivity contribution in [3.63, 3.8) is 0 Å². The molecule has 1 aliphatic rings. The van der Waals surface area contributed by atoms with Gasteiger partial charge >= 0.3 is 6.18 Å². The molecule has 44 heavy (non-hydrogen) atoms. The molecule has 3 heterocycles. The normalized spacial score (nSPS) is 14.0. The van der Waals surface area contributed by atoms with Gasteiger partial charge in [0.15, 0.2) is 0 Å². The van der Waals surface area contributed by atoms with E-state index < -0.39 is 23.5 Å². The molecule has 8 nitrogen and oxygen atoms in total. The lowest BCUT2D eigenvalue weighted by molar-refractivity contribution is -0.140. The maximum atomic E-state index is 14.8. The number of hydrogen-bond acceptors (Lipinski definition) is 6. The number of carbonyl (C=O) groups is 1. The molecule has 0 spiro atoms. The minimum atomic E-state index is -4.92. The number of fused-ring (bicyclic) bond motifs is 1. The fourth-order valence-electron chi connectivity index (χ4n) is 5.10. The van der Waals surface area contributed by atoms with Gasteiger partial charge in [0.05, 0.1) is 11.3 Å². The van der Waals surface area contributed by atoms with Crippen LogP contribution in [0.25, 0.3) is 11.0 Å². The molecule has 0 radical (unpaired) electrons. The summed E-state index contributed by atoms with van der Waals surface area (Å²) in [5.41, 5.74) is 8.02. The van der Waals surface area contributed by atoms with Crippen LogP contribution in [0.2, 0.25) is 0 Å². The summed E-state index contributed by atoms with van der Waals surface area (Å²) in [6.45, 7) is 7.18. The average molecular weight is 612 g/mol. The van der Waals surface area contributed by atoms with Crippen molar-refractivity contribution < 1.29 is 22.4 Å². The number of amides is 1. The number of nitrogens with one attached hydrogen (secondary N) is 2. The molecule has 6 N–H and O–H groups in total. The Labute approximate surface area is 253 Å². The topological polar surface area (TPSA) is 116 Å². The number of nitrogens with two attached hydrogens (primary N) is 2. The molecule has 234 valence electrons. The Hall–Kier alpha value is -4.42. The van der Waals surface area contributed by atoms with Crippen LogP contribution < -0.4 is 21.9 Å². The zero-order valence-corrected chi connectivity index (χ0v) is 24.9. The number of allylic oxidation sites excluding steroid dienone is 1. The molecule has 0 atom stereocenters. The van der Waals surface area contributed by atoms with Crippen LogP contribution in [-0.4, -0.2) is 33.9 Å². The monoisotopic (exact) mass is 611 g/mol. The maximum absolute atomic E-state index is 14.8. The lowest BCUT2D eigenvalue weighted by Crippen LogP contribution is -2.27. The van der Waals surface area contributed by atoms with E-state index in [1.165, 1.54) is 29.4 Å². The molecule has 1 saturated heterocycles. The van der Waals surface area contributed by atoms with Gasteiger partial charge in [-0.1, -0.05) is 19.9 Å². The third-order valence-electron chi connectivity index (χ3n) is 7.22. The highest BCUT2D eigenvalue weighted by Gasteiger charge is 2.36. The number of anilines is 2. The van der Waals surface area contributed by atoms with Crippen LogP contribution in [0.5, 0.6) is 0 Å². The van der Waals surface area contributed by atoms with E-state index in [-0.39, 0.29) is 23.4 Å². The maximum Gasteiger partial charge on any atom is 0.419 e. The summed E-state index contributed by atoms with van der Waals surface area (Å²) < 4.78 is 55.8. The lowest BCUT2D eigenvalue weighted by Gasteiger charge is -2.20. The van der Waals surface area contributed by atoms with Gasteiger partial charge in [0.2, 0.25) is 0 Å². The van der Waals surface area contributed by atoms with E-state index in [9.17, 15) is 22.4 Å². The van der Waals surface area contributed by atoms with Crippen LogP contribution in [0, 0.1) is 12.7 Å². The summed E-state index contributed by atoms with van der Waals surface area (Å²) in [4.78, 5) is 22.4. The second-order valence-corrected chi connectivity index (χ2v) is 10.5. The number of aromatic nitrogens is 2. The first-order chi connectivity index (χ1) is 21.0. The van der Waals surface area contributed by atoms with E-state index in [0.29, 0.717) is 37.0 Å². The van der Waals surface area contributed by atoms with Crippen LogP contribution in [0.15, 0.2) is 66.8 Å². The molecule has 1 amide bonds. The Balaban J connectivity index is 0.00000216. The molecule has 0 unspecified atom stereocenters. The number of aromatic amines is 1. The van der Waals surface area contributed by atoms with Crippen molar-refractivity contribution >= 4 is 28.3 Å². The van der Waals surface area contributed by atoms with Crippen molar-refractivity contribution in [3.8, 4) is 0 Å². The van der Waals surface area contributed by atoms with Crippen LogP contribution in [-0.2, 0) is 19.1 Å². The molecule has 0 aliphatic carbocycles. The van der Waals surface area contributed by atoms with Gasteiger partial charge in [-0.15, -0.1) is 0 Å². The number of pyridine rings is 1. The van der Waals surface area contributed by atoms with E-state index in [1.807, 2.05) is 30.9 Å². The lowest BCUT2D eigenvalue weighted by atomic mass is 10.1. The first kappa shape index (κ1) is 32.5. The molecule has 0 saturated carbocycles. The Kier molecular flexibility index (Phi) is 10.3. The highest BCUT2D eigenvalue weighted by molar-refractivity contribution is 6.05. The fourth-order valence-corrected chi connectivity index (χ4v) is 5.10. The van der Waals surface area contributed by atoms with E-state index >= 15 is 0 Å². The summed E-state index contributed by atoms with van der Waals surface area (Å²) in [7, 11) is 0. The second-order valence-electron chi connectivity index (χ2n) is 10.5. The smallest absolute Gasteiger partial charge is 0.401 e. The third-order valence-corrected chi connectivity index (χ3v) is 7.22. The van der Waals surface area contributed by atoms with Gasteiger partial charge in [-0.2, -0.15) is 13.2 Å². The number of rotatable bonds is 8. The summed E-state index contributed by atoms with van der Waals surface area (Å²) in [6.07, 6.45) is 2.31. The number of alkyl halides is 3. The molecule has 0 bridgehead atoms. The van der Waals surface area contributed by atoms with Crippen LogP contribution in [0.4, 0.5) is 28.9 Å². The molecular formula is C32H37F4N7O. The zero-order valence-electron chi connectivity index (χ0n) is 24.9. The average Bonchev–Trinajstić information content (AvgIpc) is 3.67. The number of benzene rings is 2. The molecule has 5 rings (SSSR count). The number of carbonyl (C=O) groups excluding carboxylic acids is 1. The SMILES string of the molecule is CC.Cc1ccc(C(=O)Nc2cc(CN3CCCC3)c(F)c(C(F)(F)F)c2)cc1N(N)/C=C(\N)Cc1cnc2[nH]ccc2c1. The van der Waals surface area contributed by atoms with Crippen LogP contribution in [0.3, 0.4) is 0 Å². The van der Waals surface area contributed by atoms with Crippen molar-refractivity contribution in [2.45, 2.75) is 52.8 Å². The second kappa shape index (κ2) is 13.9. The predicted octanol–water partition coefficient (Wildman–Crippen LogP) is 6.63. The van der Waals surface area contributed by atoms with Crippen molar-refractivity contribution in [1.29, 1.82) is 0 Å². The first-order valence-electron chi connectivity index (χ1n) is 14.4. The largest absolute Gasteiger partial charge is 0.419 e. The van der Waals surface area contributed by atoms with E-state index in [2.05, 4.69) is 15.3 Å². The zero-order chi connectivity index (χ0) is 32.0. The Morgan fingerprint density at radius 3 is 2.57 bits per heavy atom. The number of likely N-dealkylation sites (tertiary alicyclic amines) is 1. The summed E-state index contributed by atoms with van der Waals surface area (Å²) >= 11 is 0. The molecule has 1 fully saturated rings. The number of halogens is 4. The third kappa shape index (κ3) is 7.74. The minimum absolute atomic E-state index is 0.0261. The van der Waals surface area contributed by atoms with Crippen molar-refractivity contribution in [3.05, 3.63) is 100 Å². The van der Waals surface area contributed by atoms with E-state index in [4.69, 9.17) is 11.6 Å². The van der Waals surface area contributed by atoms with Gasteiger partial charge < -0.3 is 16.0 Å². The number of hydrazine groups is 1. The minimum Gasteiger partial charge on any atom is -0.401 e. The van der Waals surface area contributed by atoms with Crippen LogP contribution >= 0.6 is 0 Å². The van der Waals surface area contributed by atoms with E-state index in [0.717, 1.165) is 35.0 Å². The molecule has 12 heteroatoms. The molecule has 1 aliphatic heterocycles. The Bertz CT molecular complexity index is 1640. The van der Waals surface area contributed by atoms with Gasteiger partial charge in [-0.25, -0.2) is 15.2 Å². The summed E-state index contributed by atoms with van der Waals surface area (Å²) in [5, 5.41) is 4.74. The van der Waals surface area contributed by atoms with Gasteiger partial charge in [0, 0.05) is 59.5 Å². The number of nitrogens with zero attached hydrogens (tertiary/aromatic N) is 3. The van der Waals surface area contributed by atoms with Gasteiger partial charge in [0.1, 0.15) is 11.5 Å². The van der Waals surface area contributed by atoms with E-state index in [1.54, 1.807) is 25.4 Å². The highest BCUT2D eigenvalue weighted by atomic mass is 19.4. The highest BCUT2D eigenvalue weighted by Crippen LogP contribution is 2.35. The number of aryl methyl sites for hydroxylation is 1. The van der Waals surface area contributed by atoms with Gasteiger partial charge in [0.25, 0.3) is 5.91 Å². The fraction of sp³-hybridized carbons (Fsp3) is 0.312. The Morgan fingerprint density at radius 2 is 1.86 bits per heavy atom.